The van der Waals surface area contributed by atoms with Crippen LogP contribution in [-0.2, 0) is 9.59 Å². The molecular formula is C17H22ClN3O4S. The third-order valence-electron chi connectivity index (χ3n) is 3.75. The van der Waals surface area contributed by atoms with Gasteiger partial charge in [0, 0.05) is 31.6 Å². The maximum absolute atomic E-state index is 12.5. The van der Waals surface area contributed by atoms with Crippen LogP contribution in [0.4, 0.5) is 5.69 Å². The molecule has 0 unspecified atom stereocenters. The number of hydrogen-bond donors (Lipinski definition) is 1. The zero-order chi connectivity index (χ0) is 19.3. The number of methoxy groups -OCH3 is 2. The molecule has 1 atom stereocenters. The number of halogens is 1. The number of hydrogen-bond acceptors (Lipinski definition) is 6. The highest BCUT2D eigenvalue weighted by molar-refractivity contribution is 8.15. The highest BCUT2D eigenvalue weighted by Crippen LogP contribution is 2.36. The Labute approximate surface area is 162 Å². The van der Waals surface area contributed by atoms with Gasteiger partial charge in [0.25, 0.3) is 0 Å². The number of thioether (sulfide) groups is 1. The molecule has 26 heavy (non-hydrogen) atoms. The van der Waals surface area contributed by atoms with Crippen LogP contribution in [0.15, 0.2) is 17.1 Å². The van der Waals surface area contributed by atoms with Gasteiger partial charge in [0.1, 0.15) is 16.7 Å². The monoisotopic (exact) mass is 399 g/mol. The highest BCUT2D eigenvalue weighted by atomic mass is 35.5. The van der Waals surface area contributed by atoms with Gasteiger partial charge in [-0.25, -0.2) is 0 Å². The summed E-state index contributed by atoms with van der Waals surface area (Å²) in [5, 5.41) is 3.33. The van der Waals surface area contributed by atoms with Crippen molar-refractivity contribution < 1.29 is 19.1 Å². The largest absolute Gasteiger partial charge is 0.495 e. The zero-order valence-corrected chi connectivity index (χ0v) is 16.7. The number of nitrogens with one attached hydrogen (secondary N) is 1. The van der Waals surface area contributed by atoms with E-state index in [2.05, 4.69) is 10.3 Å². The molecule has 0 aliphatic carbocycles. The fraction of sp³-hybridized carbons (Fsp3) is 0.471. The van der Waals surface area contributed by atoms with Crippen molar-refractivity contribution >= 4 is 46.0 Å². The lowest BCUT2D eigenvalue weighted by molar-refractivity contribution is -0.128. The summed E-state index contributed by atoms with van der Waals surface area (Å²) in [6.45, 7) is 4.92. The van der Waals surface area contributed by atoms with Gasteiger partial charge in [0.05, 0.1) is 24.9 Å². The van der Waals surface area contributed by atoms with Gasteiger partial charge in [-0.2, -0.15) is 0 Å². The molecule has 2 amide bonds. The summed E-state index contributed by atoms with van der Waals surface area (Å²) in [6.07, 6.45) is 0.0385. The molecule has 0 aromatic heterocycles. The van der Waals surface area contributed by atoms with Gasteiger partial charge in [-0.1, -0.05) is 23.4 Å². The number of carbonyl (C=O) groups is 2. The number of nitrogens with zero attached hydrogens (tertiary/aromatic N) is 2. The standard InChI is InChI=1S/C17H22ClN3O4S/c1-5-19-17-21(6-2)16(23)14(26-17)9-15(22)20-11-8-12(24-3)10(18)7-13(11)25-4/h7-8,14H,5-6,9H2,1-4H3,(H,20,22)/t14-/m1/s1. The van der Waals surface area contributed by atoms with E-state index in [1.54, 1.807) is 17.0 Å². The first-order valence-corrected chi connectivity index (χ1v) is 9.44. The lowest BCUT2D eigenvalue weighted by atomic mass is 10.2. The molecule has 0 spiro atoms. The van der Waals surface area contributed by atoms with Crippen molar-refractivity contribution in [3.8, 4) is 11.5 Å². The normalized spacial score (nSPS) is 18.3. The zero-order valence-electron chi connectivity index (χ0n) is 15.2. The fourth-order valence-electron chi connectivity index (χ4n) is 2.52. The van der Waals surface area contributed by atoms with E-state index < -0.39 is 5.25 Å². The Morgan fingerprint density at radius 1 is 1.31 bits per heavy atom. The molecule has 1 aliphatic rings. The van der Waals surface area contributed by atoms with E-state index in [0.717, 1.165) is 0 Å². The lowest BCUT2D eigenvalue weighted by Crippen LogP contribution is -2.33. The van der Waals surface area contributed by atoms with E-state index >= 15 is 0 Å². The first kappa shape index (κ1) is 20.4. The van der Waals surface area contributed by atoms with Crippen LogP contribution < -0.4 is 14.8 Å². The molecule has 2 rings (SSSR count). The predicted molar refractivity (Wildman–Crippen MR) is 105 cm³/mol. The van der Waals surface area contributed by atoms with Gasteiger partial charge >= 0.3 is 0 Å². The van der Waals surface area contributed by atoms with Crippen LogP contribution in [0.25, 0.3) is 0 Å². The van der Waals surface area contributed by atoms with E-state index in [1.807, 2.05) is 13.8 Å². The van der Waals surface area contributed by atoms with E-state index in [9.17, 15) is 9.59 Å². The van der Waals surface area contributed by atoms with Gasteiger partial charge in [0.15, 0.2) is 5.17 Å². The minimum absolute atomic E-state index is 0.0385. The third-order valence-corrected chi connectivity index (χ3v) is 5.26. The number of rotatable bonds is 7. The Balaban J connectivity index is 2.12. The summed E-state index contributed by atoms with van der Waals surface area (Å²) in [7, 11) is 2.97. The molecule has 1 saturated heterocycles. The Hall–Kier alpha value is -1.93. The maximum atomic E-state index is 12.5. The van der Waals surface area contributed by atoms with Crippen molar-refractivity contribution in [2.45, 2.75) is 25.5 Å². The van der Waals surface area contributed by atoms with Crippen LogP contribution in [0.3, 0.4) is 0 Å². The second-order valence-electron chi connectivity index (χ2n) is 5.39. The SMILES string of the molecule is CCN=C1S[C@H](CC(=O)Nc2cc(OC)c(Cl)cc2OC)C(=O)N1CC. The van der Waals surface area contributed by atoms with Crippen LogP contribution >= 0.6 is 23.4 Å². The smallest absolute Gasteiger partial charge is 0.242 e. The number of amides is 2. The molecule has 1 N–H and O–H groups in total. The van der Waals surface area contributed by atoms with Crippen molar-refractivity contribution in [3.63, 3.8) is 0 Å². The molecule has 7 nitrogen and oxygen atoms in total. The van der Waals surface area contributed by atoms with Crippen molar-refractivity contribution in [1.82, 2.24) is 4.90 Å². The van der Waals surface area contributed by atoms with Crippen LogP contribution in [0.1, 0.15) is 20.3 Å². The quantitative estimate of drug-likeness (QED) is 0.762. The van der Waals surface area contributed by atoms with Crippen molar-refractivity contribution in [2.75, 3.05) is 32.6 Å². The first-order valence-electron chi connectivity index (χ1n) is 8.18. The van der Waals surface area contributed by atoms with Crippen molar-refractivity contribution in [1.29, 1.82) is 0 Å². The number of carbonyl (C=O) groups excluding carboxylic acids is 2. The number of anilines is 1. The molecule has 1 heterocycles. The molecule has 1 aromatic rings. The van der Waals surface area contributed by atoms with Gasteiger partial charge < -0.3 is 14.8 Å². The maximum Gasteiger partial charge on any atom is 0.242 e. The van der Waals surface area contributed by atoms with Crippen molar-refractivity contribution in [2.24, 2.45) is 4.99 Å². The van der Waals surface area contributed by atoms with Crippen LogP contribution in [-0.4, -0.2) is 54.4 Å². The molecule has 1 aliphatic heterocycles. The molecule has 0 bridgehead atoms. The molecule has 0 radical (unpaired) electrons. The molecule has 9 heteroatoms. The molecule has 1 aromatic carbocycles. The van der Waals surface area contributed by atoms with E-state index in [0.29, 0.717) is 40.5 Å². The Bertz CT molecular complexity index is 726. The Morgan fingerprint density at radius 3 is 2.58 bits per heavy atom. The lowest BCUT2D eigenvalue weighted by Gasteiger charge is -2.14. The van der Waals surface area contributed by atoms with Gasteiger partial charge in [0.2, 0.25) is 11.8 Å². The Morgan fingerprint density at radius 2 is 2.00 bits per heavy atom. The van der Waals surface area contributed by atoms with Crippen LogP contribution in [0, 0.1) is 0 Å². The van der Waals surface area contributed by atoms with Crippen molar-refractivity contribution in [3.05, 3.63) is 17.2 Å². The molecule has 142 valence electrons. The molecular weight excluding hydrogens is 378 g/mol. The van der Waals surface area contributed by atoms with E-state index in [1.165, 1.54) is 26.0 Å². The Kier molecular flexibility index (Phi) is 7.16. The highest BCUT2D eigenvalue weighted by Gasteiger charge is 2.38. The third kappa shape index (κ3) is 4.42. The molecule has 1 fully saturated rings. The first-order chi connectivity index (χ1) is 12.4. The summed E-state index contributed by atoms with van der Waals surface area (Å²) in [4.78, 5) is 30.9. The van der Waals surface area contributed by atoms with E-state index in [4.69, 9.17) is 21.1 Å². The van der Waals surface area contributed by atoms with E-state index in [-0.39, 0.29) is 18.2 Å². The average Bonchev–Trinajstić information content (AvgIpc) is 2.90. The number of ether oxygens (including phenoxy) is 2. The molecule has 0 saturated carbocycles. The predicted octanol–water partition coefficient (Wildman–Crippen LogP) is 3.03. The van der Waals surface area contributed by atoms with Crippen LogP contribution in [0.2, 0.25) is 5.02 Å². The summed E-state index contributed by atoms with van der Waals surface area (Å²) in [5.74, 6) is 0.439. The van der Waals surface area contributed by atoms with Gasteiger partial charge in [-0.05, 0) is 13.8 Å². The summed E-state index contributed by atoms with van der Waals surface area (Å²) < 4.78 is 10.4. The topological polar surface area (TPSA) is 80.2 Å². The number of amidine groups is 1. The summed E-state index contributed by atoms with van der Waals surface area (Å²) in [5.41, 5.74) is 0.434. The number of benzene rings is 1. The van der Waals surface area contributed by atoms with Crippen LogP contribution in [0.5, 0.6) is 11.5 Å². The second-order valence-corrected chi connectivity index (χ2v) is 6.96. The minimum Gasteiger partial charge on any atom is -0.495 e. The number of aliphatic imine (C=N–C) groups is 1. The summed E-state index contributed by atoms with van der Waals surface area (Å²) >= 11 is 7.39. The minimum atomic E-state index is -0.486. The fourth-order valence-corrected chi connectivity index (χ4v) is 4.01. The second kappa shape index (κ2) is 9.14. The van der Waals surface area contributed by atoms with Gasteiger partial charge in [-0.15, -0.1) is 0 Å². The average molecular weight is 400 g/mol. The summed E-state index contributed by atoms with van der Waals surface area (Å²) in [6, 6.07) is 3.15. The van der Waals surface area contributed by atoms with Gasteiger partial charge in [-0.3, -0.25) is 19.5 Å².